The van der Waals surface area contributed by atoms with Gasteiger partial charge in [0.05, 0.1) is 18.4 Å². The number of imidazole rings is 1. The minimum Gasteiger partial charge on any atom is -0.493 e. The number of nitrogens with one attached hydrogen (secondary N) is 1. The van der Waals surface area contributed by atoms with E-state index in [1.54, 1.807) is 54.7 Å². The highest BCUT2D eigenvalue weighted by molar-refractivity contribution is 5.91. The molecule has 6 nitrogen and oxygen atoms in total. The predicted octanol–water partition coefficient (Wildman–Crippen LogP) is 2.70. The first kappa shape index (κ1) is 15.6. The zero-order valence-electron chi connectivity index (χ0n) is 13.3. The number of methoxy groups -OCH3 is 1. The van der Waals surface area contributed by atoms with Crippen LogP contribution < -0.4 is 15.2 Å². The summed E-state index contributed by atoms with van der Waals surface area (Å²) in [5.41, 5.74) is 1.61. The molecule has 0 radical (unpaired) electrons. The van der Waals surface area contributed by atoms with Crippen molar-refractivity contribution in [2.45, 2.75) is 6.92 Å². The fourth-order valence-electron chi connectivity index (χ4n) is 2.38. The lowest BCUT2D eigenvalue weighted by Crippen LogP contribution is -2.16. The molecule has 0 aliphatic rings. The molecule has 0 fully saturated rings. The van der Waals surface area contributed by atoms with Crippen LogP contribution in [0.15, 0.2) is 59.5 Å². The van der Waals surface area contributed by atoms with Gasteiger partial charge in [0.15, 0.2) is 11.5 Å². The Bertz CT molecular complexity index is 923. The molecule has 1 aromatic heterocycles. The van der Waals surface area contributed by atoms with E-state index < -0.39 is 5.97 Å². The lowest BCUT2D eigenvalue weighted by Gasteiger charge is -2.09. The molecular formula is C18H16N2O4. The van der Waals surface area contributed by atoms with Crippen LogP contribution in [0.25, 0.3) is 5.69 Å². The second-order valence-corrected chi connectivity index (χ2v) is 5.16. The van der Waals surface area contributed by atoms with E-state index in [4.69, 9.17) is 9.47 Å². The first-order chi connectivity index (χ1) is 11.6. The number of H-pyrrole nitrogens is 1. The molecule has 0 unspecified atom stereocenters. The summed E-state index contributed by atoms with van der Waals surface area (Å²) in [6.07, 6.45) is 1.63. The second kappa shape index (κ2) is 6.45. The van der Waals surface area contributed by atoms with Crippen LogP contribution in [0.1, 0.15) is 16.1 Å². The Kier molecular flexibility index (Phi) is 4.20. The fraction of sp³-hybridized carbons (Fsp3) is 0.111. The Labute approximate surface area is 138 Å². The molecule has 3 aromatic rings. The Hall–Kier alpha value is -3.28. The number of nitrogens with zero attached hydrogens (tertiary/aromatic N) is 1. The summed E-state index contributed by atoms with van der Waals surface area (Å²) in [6, 6.07) is 13.6. The van der Waals surface area contributed by atoms with Crippen LogP contribution in [0.2, 0.25) is 0 Å². The van der Waals surface area contributed by atoms with Crippen LogP contribution in [0, 0.1) is 6.92 Å². The van der Waals surface area contributed by atoms with Crippen LogP contribution in [-0.4, -0.2) is 22.6 Å². The van der Waals surface area contributed by atoms with Crippen molar-refractivity contribution in [1.82, 2.24) is 9.55 Å². The molecule has 122 valence electrons. The number of ether oxygens (including phenoxy) is 2. The summed E-state index contributed by atoms with van der Waals surface area (Å²) >= 11 is 0. The van der Waals surface area contributed by atoms with Crippen molar-refractivity contribution >= 4 is 5.97 Å². The monoisotopic (exact) mass is 324 g/mol. The van der Waals surface area contributed by atoms with Crippen LogP contribution in [-0.2, 0) is 0 Å². The van der Waals surface area contributed by atoms with Crippen molar-refractivity contribution in [3.8, 4) is 17.2 Å². The van der Waals surface area contributed by atoms with E-state index in [9.17, 15) is 9.59 Å². The minimum atomic E-state index is -0.496. The second-order valence-electron chi connectivity index (χ2n) is 5.16. The number of carbonyl (C=O) groups is 1. The highest BCUT2D eigenvalue weighted by Crippen LogP contribution is 2.26. The topological polar surface area (TPSA) is 73.3 Å². The van der Waals surface area contributed by atoms with Gasteiger partial charge in [-0.3, -0.25) is 4.57 Å². The molecule has 24 heavy (non-hydrogen) atoms. The van der Waals surface area contributed by atoms with Gasteiger partial charge in [0.1, 0.15) is 0 Å². The van der Waals surface area contributed by atoms with Gasteiger partial charge in [-0.25, -0.2) is 9.59 Å². The van der Waals surface area contributed by atoms with Crippen LogP contribution in [0.5, 0.6) is 11.5 Å². The molecule has 0 aliphatic carbocycles. The molecular weight excluding hydrogens is 308 g/mol. The number of hydrogen-bond acceptors (Lipinski definition) is 4. The number of rotatable bonds is 4. The molecule has 0 atom stereocenters. The molecule has 0 bridgehead atoms. The minimum absolute atomic E-state index is 0.225. The van der Waals surface area contributed by atoms with Gasteiger partial charge in [0.25, 0.3) is 0 Å². The molecule has 6 heteroatoms. The first-order valence-corrected chi connectivity index (χ1v) is 7.33. The van der Waals surface area contributed by atoms with E-state index in [1.165, 1.54) is 11.7 Å². The number of aryl methyl sites for hydroxylation is 1. The average molecular weight is 324 g/mol. The van der Waals surface area contributed by atoms with Crippen LogP contribution in [0.4, 0.5) is 0 Å². The lowest BCUT2D eigenvalue weighted by atomic mass is 10.2. The Morgan fingerprint density at radius 2 is 1.71 bits per heavy atom. The average Bonchev–Trinajstić information content (AvgIpc) is 2.94. The molecule has 3 rings (SSSR count). The standard InChI is InChI=1S/C18H16N2O4/c1-12-11-19-18(22)20(12)14-9-7-13(8-10-14)17(21)24-16-6-4-3-5-15(16)23-2/h3-11H,1-2H3,(H,19,22). The van der Waals surface area contributed by atoms with Gasteiger partial charge >= 0.3 is 11.7 Å². The molecule has 1 N–H and O–H groups in total. The van der Waals surface area contributed by atoms with Crippen molar-refractivity contribution in [2.75, 3.05) is 7.11 Å². The predicted molar refractivity (Wildman–Crippen MR) is 89.1 cm³/mol. The van der Waals surface area contributed by atoms with Gasteiger partial charge in [-0.05, 0) is 43.3 Å². The summed E-state index contributed by atoms with van der Waals surface area (Å²) in [5, 5.41) is 0. The Morgan fingerprint density at radius 1 is 1.04 bits per heavy atom. The van der Waals surface area contributed by atoms with Crippen LogP contribution >= 0.6 is 0 Å². The van der Waals surface area contributed by atoms with E-state index in [2.05, 4.69) is 4.98 Å². The summed E-state index contributed by atoms with van der Waals surface area (Å²) in [5.74, 6) is 0.341. The van der Waals surface area contributed by atoms with Crippen molar-refractivity contribution in [3.63, 3.8) is 0 Å². The third-order valence-electron chi connectivity index (χ3n) is 3.59. The number of aromatic amines is 1. The molecule has 0 aliphatic heterocycles. The maximum Gasteiger partial charge on any atom is 0.343 e. The van der Waals surface area contributed by atoms with E-state index in [0.717, 1.165) is 5.69 Å². The fourth-order valence-corrected chi connectivity index (χ4v) is 2.38. The first-order valence-electron chi connectivity index (χ1n) is 7.33. The van der Waals surface area contributed by atoms with Crippen molar-refractivity contribution < 1.29 is 14.3 Å². The van der Waals surface area contributed by atoms with E-state index in [0.29, 0.717) is 22.7 Å². The van der Waals surface area contributed by atoms with Gasteiger partial charge in [0.2, 0.25) is 0 Å². The van der Waals surface area contributed by atoms with Crippen molar-refractivity contribution in [3.05, 3.63) is 76.5 Å². The number of aromatic nitrogens is 2. The molecule has 0 amide bonds. The molecule has 0 spiro atoms. The maximum absolute atomic E-state index is 12.3. The number of para-hydroxylation sites is 2. The zero-order valence-corrected chi connectivity index (χ0v) is 13.3. The number of hydrogen-bond donors (Lipinski definition) is 1. The third kappa shape index (κ3) is 2.94. The Balaban J connectivity index is 1.83. The molecule has 2 aromatic carbocycles. The summed E-state index contributed by atoms with van der Waals surface area (Å²) < 4.78 is 12.0. The highest BCUT2D eigenvalue weighted by Gasteiger charge is 2.12. The maximum atomic E-state index is 12.3. The quantitative estimate of drug-likeness (QED) is 0.591. The number of esters is 1. The van der Waals surface area contributed by atoms with Gasteiger partial charge in [-0.15, -0.1) is 0 Å². The largest absolute Gasteiger partial charge is 0.493 e. The van der Waals surface area contributed by atoms with Gasteiger partial charge < -0.3 is 14.5 Å². The summed E-state index contributed by atoms with van der Waals surface area (Å²) in [7, 11) is 1.51. The van der Waals surface area contributed by atoms with Crippen molar-refractivity contribution in [2.24, 2.45) is 0 Å². The number of carbonyl (C=O) groups excluding carboxylic acids is 1. The van der Waals surface area contributed by atoms with E-state index >= 15 is 0 Å². The van der Waals surface area contributed by atoms with E-state index in [-0.39, 0.29) is 5.69 Å². The normalized spacial score (nSPS) is 10.4. The molecule has 0 saturated heterocycles. The van der Waals surface area contributed by atoms with Gasteiger partial charge in [-0.2, -0.15) is 0 Å². The van der Waals surface area contributed by atoms with Crippen molar-refractivity contribution in [1.29, 1.82) is 0 Å². The lowest BCUT2D eigenvalue weighted by molar-refractivity contribution is 0.0730. The SMILES string of the molecule is COc1ccccc1OC(=O)c1ccc(-n2c(C)c[nH]c2=O)cc1. The molecule has 0 saturated carbocycles. The molecule has 1 heterocycles. The Morgan fingerprint density at radius 3 is 2.29 bits per heavy atom. The summed E-state index contributed by atoms with van der Waals surface area (Å²) in [4.78, 5) is 26.7. The smallest absolute Gasteiger partial charge is 0.343 e. The van der Waals surface area contributed by atoms with E-state index in [1.807, 2.05) is 6.92 Å². The van der Waals surface area contributed by atoms with Crippen LogP contribution in [0.3, 0.4) is 0 Å². The zero-order chi connectivity index (χ0) is 17.1. The number of benzene rings is 2. The summed E-state index contributed by atoms with van der Waals surface area (Å²) in [6.45, 7) is 1.82. The highest BCUT2D eigenvalue weighted by atomic mass is 16.6. The third-order valence-corrected chi connectivity index (χ3v) is 3.59. The van der Waals surface area contributed by atoms with Gasteiger partial charge in [-0.1, -0.05) is 12.1 Å². The van der Waals surface area contributed by atoms with Gasteiger partial charge in [0, 0.05) is 11.9 Å².